The van der Waals surface area contributed by atoms with Crippen LogP contribution in [0.1, 0.15) is 25.3 Å². The fourth-order valence-corrected chi connectivity index (χ4v) is 2.88. The largest absolute Gasteiger partial charge is 0.473 e. The van der Waals surface area contributed by atoms with Crippen molar-refractivity contribution in [2.75, 3.05) is 19.8 Å². The van der Waals surface area contributed by atoms with E-state index in [4.69, 9.17) is 18.9 Å². The molecule has 0 N–H and O–H groups in total. The SMILES string of the molecule is CCCCOC(=O)C(Oc1ccccc1)C1(c2ccccc2)OCCO1. The number of ether oxygens (including phenoxy) is 4. The molecule has 0 spiro atoms. The lowest BCUT2D eigenvalue weighted by atomic mass is 9.99. The molecular formula is C21H24O5. The number of benzene rings is 2. The van der Waals surface area contributed by atoms with Crippen molar-refractivity contribution in [2.45, 2.75) is 31.7 Å². The topological polar surface area (TPSA) is 54.0 Å². The van der Waals surface area contributed by atoms with Gasteiger partial charge in [0.2, 0.25) is 5.79 Å². The van der Waals surface area contributed by atoms with Crippen molar-refractivity contribution in [3.8, 4) is 5.75 Å². The molecule has 5 nitrogen and oxygen atoms in total. The average molecular weight is 356 g/mol. The molecule has 0 saturated carbocycles. The first-order valence-corrected chi connectivity index (χ1v) is 8.98. The number of para-hydroxylation sites is 1. The first kappa shape index (κ1) is 18.4. The van der Waals surface area contributed by atoms with Crippen LogP contribution in [0.15, 0.2) is 60.7 Å². The lowest BCUT2D eigenvalue weighted by Gasteiger charge is -2.34. The molecule has 1 saturated heterocycles. The number of unbranched alkanes of at least 4 members (excludes halogenated alkanes) is 1. The fourth-order valence-electron chi connectivity index (χ4n) is 2.88. The minimum atomic E-state index is -1.32. The van der Waals surface area contributed by atoms with E-state index in [2.05, 4.69) is 0 Å². The van der Waals surface area contributed by atoms with Gasteiger partial charge in [0.25, 0.3) is 6.10 Å². The van der Waals surface area contributed by atoms with Crippen molar-refractivity contribution in [1.29, 1.82) is 0 Å². The Kier molecular flexibility index (Phi) is 6.26. The Morgan fingerprint density at radius 1 is 1.04 bits per heavy atom. The summed E-state index contributed by atoms with van der Waals surface area (Å²) in [7, 11) is 0. The summed E-state index contributed by atoms with van der Waals surface area (Å²) >= 11 is 0. The summed E-state index contributed by atoms with van der Waals surface area (Å²) in [5, 5.41) is 0. The molecule has 0 bridgehead atoms. The molecular weight excluding hydrogens is 332 g/mol. The number of hydrogen-bond acceptors (Lipinski definition) is 5. The molecule has 1 aliphatic rings. The van der Waals surface area contributed by atoms with Crippen LogP contribution in [0.3, 0.4) is 0 Å². The molecule has 0 radical (unpaired) electrons. The van der Waals surface area contributed by atoms with Gasteiger partial charge in [-0.2, -0.15) is 0 Å². The Balaban J connectivity index is 1.93. The Morgan fingerprint density at radius 3 is 2.27 bits per heavy atom. The smallest absolute Gasteiger partial charge is 0.353 e. The molecule has 0 aromatic heterocycles. The van der Waals surface area contributed by atoms with Crippen LogP contribution in [0.5, 0.6) is 5.75 Å². The van der Waals surface area contributed by atoms with Gasteiger partial charge in [0, 0.05) is 5.56 Å². The second kappa shape index (κ2) is 8.83. The van der Waals surface area contributed by atoms with Crippen molar-refractivity contribution in [1.82, 2.24) is 0 Å². The molecule has 1 fully saturated rings. The summed E-state index contributed by atoms with van der Waals surface area (Å²) < 4.78 is 23.4. The molecule has 1 unspecified atom stereocenters. The van der Waals surface area contributed by atoms with Gasteiger partial charge in [-0.25, -0.2) is 4.79 Å². The lowest BCUT2D eigenvalue weighted by Crippen LogP contribution is -2.50. The summed E-state index contributed by atoms with van der Waals surface area (Å²) in [6.45, 7) is 3.15. The quantitative estimate of drug-likeness (QED) is 0.533. The lowest BCUT2D eigenvalue weighted by molar-refractivity contribution is -0.230. The fraction of sp³-hybridized carbons (Fsp3) is 0.381. The highest BCUT2D eigenvalue weighted by Gasteiger charge is 2.52. The second-order valence-electron chi connectivity index (χ2n) is 6.06. The molecule has 1 atom stereocenters. The molecule has 0 aliphatic carbocycles. The Labute approximate surface area is 153 Å². The second-order valence-corrected chi connectivity index (χ2v) is 6.06. The van der Waals surface area contributed by atoms with Gasteiger partial charge in [0.15, 0.2) is 0 Å². The van der Waals surface area contributed by atoms with E-state index in [9.17, 15) is 4.79 Å². The average Bonchev–Trinajstić information content (AvgIpc) is 3.18. The molecule has 2 aromatic carbocycles. The first-order chi connectivity index (χ1) is 12.8. The molecule has 2 aromatic rings. The van der Waals surface area contributed by atoms with Crippen molar-refractivity contribution in [2.24, 2.45) is 0 Å². The summed E-state index contributed by atoms with van der Waals surface area (Å²) in [6, 6.07) is 18.6. The number of carbonyl (C=O) groups excluding carboxylic acids is 1. The minimum absolute atomic E-state index is 0.342. The Morgan fingerprint density at radius 2 is 1.65 bits per heavy atom. The van der Waals surface area contributed by atoms with Crippen molar-refractivity contribution in [3.05, 3.63) is 66.2 Å². The third-order valence-corrected chi connectivity index (χ3v) is 4.19. The van der Waals surface area contributed by atoms with E-state index in [1.165, 1.54) is 0 Å². The van der Waals surface area contributed by atoms with Gasteiger partial charge in [-0.05, 0) is 18.6 Å². The van der Waals surface area contributed by atoms with Gasteiger partial charge in [0.05, 0.1) is 19.8 Å². The van der Waals surface area contributed by atoms with Crippen molar-refractivity contribution < 1.29 is 23.7 Å². The van der Waals surface area contributed by atoms with Gasteiger partial charge >= 0.3 is 5.97 Å². The van der Waals surface area contributed by atoms with Crippen LogP contribution in [0.2, 0.25) is 0 Å². The standard InChI is InChI=1S/C21H24O5/c1-2-3-14-23-20(22)19(26-18-12-8-5-9-13-18)21(24-15-16-25-21)17-10-6-4-7-11-17/h4-13,19H,2-3,14-16H2,1H3. The zero-order valence-electron chi connectivity index (χ0n) is 14.9. The van der Waals surface area contributed by atoms with E-state index < -0.39 is 17.9 Å². The number of rotatable bonds is 8. The third kappa shape index (κ3) is 4.06. The van der Waals surface area contributed by atoms with Gasteiger partial charge < -0.3 is 18.9 Å². The summed E-state index contributed by atoms with van der Waals surface area (Å²) in [6.07, 6.45) is 0.671. The minimum Gasteiger partial charge on any atom is -0.473 e. The highest BCUT2D eigenvalue weighted by Crippen LogP contribution is 2.37. The molecule has 0 amide bonds. The van der Waals surface area contributed by atoms with E-state index in [0.717, 1.165) is 18.4 Å². The normalized spacial score (nSPS) is 16.8. The van der Waals surface area contributed by atoms with Crippen molar-refractivity contribution in [3.63, 3.8) is 0 Å². The molecule has 5 heteroatoms. The Bertz CT molecular complexity index is 680. The van der Waals surface area contributed by atoms with E-state index >= 15 is 0 Å². The summed E-state index contributed by atoms with van der Waals surface area (Å²) in [5.41, 5.74) is 0.728. The van der Waals surface area contributed by atoms with Crippen molar-refractivity contribution >= 4 is 5.97 Å². The van der Waals surface area contributed by atoms with Crippen LogP contribution in [0, 0.1) is 0 Å². The first-order valence-electron chi connectivity index (χ1n) is 8.98. The summed E-state index contributed by atoms with van der Waals surface area (Å²) in [5.74, 6) is -1.26. The number of esters is 1. The van der Waals surface area contributed by atoms with Crippen LogP contribution in [-0.2, 0) is 24.8 Å². The highest BCUT2D eigenvalue weighted by atomic mass is 16.8. The van der Waals surface area contributed by atoms with E-state index in [-0.39, 0.29) is 0 Å². The van der Waals surface area contributed by atoms with Gasteiger partial charge in [0.1, 0.15) is 5.75 Å². The van der Waals surface area contributed by atoms with Crippen LogP contribution in [-0.4, -0.2) is 31.9 Å². The molecule has 1 aliphatic heterocycles. The monoisotopic (exact) mass is 356 g/mol. The third-order valence-electron chi connectivity index (χ3n) is 4.19. The number of hydrogen-bond donors (Lipinski definition) is 0. The van der Waals surface area contributed by atoms with Gasteiger partial charge in [-0.3, -0.25) is 0 Å². The predicted molar refractivity (Wildman–Crippen MR) is 96.7 cm³/mol. The molecule has 1 heterocycles. The highest BCUT2D eigenvalue weighted by molar-refractivity contribution is 5.77. The van der Waals surface area contributed by atoms with Crippen LogP contribution in [0.25, 0.3) is 0 Å². The predicted octanol–water partition coefficient (Wildman–Crippen LogP) is 3.68. The van der Waals surface area contributed by atoms with E-state index in [1.54, 1.807) is 12.1 Å². The van der Waals surface area contributed by atoms with Gasteiger partial charge in [-0.15, -0.1) is 0 Å². The maximum Gasteiger partial charge on any atom is 0.353 e. The Hall–Kier alpha value is -2.37. The van der Waals surface area contributed by atoms with Crippen LogP contribution < -0.4 is 4.74 Å². The zero-order valence-corrected chi connectivity index (χ0v) is 14.9. The van der Waals surface area contributed by atoms with E-state index in [1.807, 2.05) is 55.5 Å². The molecule has 138 valence electrons. The molecule has 26 heavy (non-hydrogen) atoms. The van der Waals surface area contributed by atoms with Crippen LogP contribution in [0.4, 0.5) is 0 Å². The van der Waals surface area contributed by atoms with Crippen LogP contribution >= 0.6 is 0 Å². The van der Waals surface area contributed by atoms with Gasteiger partial charge in [-0.1, -0.05) is 61.9 Å². The van der Waals surface area contributed by atoms with E-state index in [0.29, 0.717) is 25.6 Å². The summed E-state index contributed by atoms with van der Waals surface area (Å²) in [4.78, 5) is 12.9. The zero-order chi connectivity index (χ0) is 18.2. The maximum absolute atomic E-state index is 12.9. The number of carbonyl (C=O) groups is 1. The maximum atomic E-state index is 12.9. The molecule has 3 rings (SSSR count).